The van der Waals surface area contributed by atoms with Gasteiger partial charge in [0.15, 0.2) is 0 Å². The average molecular weight is 245 g/mol. The molecule has 0 bridgehead atoms. The molecule has 0 unspecified atom stereocenters. The van der Waals surface area contributed by atoms with Crippen LogP contribution >= 0.6 is 0 Å². The van der Waals surface area contributed by atoms with E-state index in [1.54, 1.807) is 0 Å². The molecule has 0 atom stereocenters. The Morgan fingerprint density at radius 3 is 3.17 bits per heavy atom. The highest BCUT2D eigenvalue weighted by Gasteiger charge is 2.13. The quantitative estimate of drug-likeness (QED) is 0.807. The molecule has 0 fully saturated rings. The van der Waals surface area contributed by atoms with Gasteiger partial charge in [-0.3, -0.25) is 5.10 Å². The van der Waals surface area contributed by atoms with Crippen LogP contribution in [0, 0.1) is 0 Å². The Labute approximate surface area is 110 Å². The second-order valence-corrected chi connectivity index (χ2v) is 5.00. The summed E-state index contributed by atoms with van der Waals surface area (Å²) in [5, 5.41) is 7.33. The van der Waals surface area contributed by atoms with Gasteiger partial charge in [-0.25, -0.2) is 0 Å². The summed E-state index contributed by atoms with van der Waals surface area (Å²) in [5.41, 5.74) is 3.78. The summed E-state index contributed by atoms with van der Waals surface area (Å²) in [4.78, 5) is 2.35. The Bertz CT molecular complexity index is 429. The molecule has 3 heteroatoms. The van der Waals surface area contributed by atoms with Crippen molar-refractivity contribution >= 4 is 11.6 Å². The van der Waals surface area contributed by atoms with Gasteiger partial charge in [0.25, 0.3) is 0 Å². The summed E-state index contributed by atoms with van der Waals surface area (Å²) in [6.45, 7) is 4.39. The van der Waals surface area contributed by atoms with E-state index in [2.05, 4.69) is 47.3 Å². The summed E-state index contributed by atoms with van der Waals surface area (Å²) in [5.74, 6) is 0. The average Bonchev–Trinajstić information content (AvgIpc) is 2.83. The van der Waals surface area contributed by atoms with E-state index in [0.717, 1.165) is 25.9 Å². The summed E-state index contributed by atoms with van der Waals surface area (Å²) >= 11 is 0. The Morgan fingerprint density at radius 2 is 2.39 bits per heavy atom. The van der Waals surface area contributed by atoms with Crippen molar-refractivity contribution in [2.75, 3.05) is 20.1 Å². The van der Waals surface area contributed by atoms with E-state index in [1.165, 1.54) is 29.7 Å². The summed E-state index contributed by atoms with van der Waals surface area (Å²) < 4.78 is 0. The van der Waals surface area contributed by atoms with Crippen LogP contribution in [0.1, 0.15) is 43.9 Å². The van der Waals surface area contributed by atoms with Crippen LogP contribution in [0.5, 0.6) is 0 Å². The highest BCUT2D eigenvalue weighted by molar-refractivity contribution is 5.72. The van der Waals surface area contributed by atoms with Gasteiger partial charge in [-0.2, -0.15) is 5.10 Å². The summed E-state index contributed by atoms with van der Waals surface area (Å²) in [6, 6.07) is 0. The number of likely N-dealkylation sites (N-methyl/N-ethyl adjacent to an activating group) is 1. The van der Waals surface area contributed by atoms with Crippen molar-refractivity contribution in [3.05, 3.63) is 29.6 Å². The van der Waals surface area contributed by atoms with Crippen LogP contribution in [0.2, 0.25) is 0 Å². The van der Waals surface area contributed by atoms with Gasteiger partial charge in [-0.1, -0.05) is 38.0 Å². The molecule has 0 aliphatic carbocycles. The molecule has 18 heavy (non-hydrogen) atoms. The number of H-pyrrole nitrogens is 1. The molecule has 2 heterocycles. The molecule has 1 aliphatic rings. The lowest BCUT2D eigenvalue weighted by Crippen LogP contribution is -2.25. The number of aromatic amines is 1. The lowest BCUT2D eigenvalue weighted by Gasteiger charge is -2.22. The monoisotopic (exact) mass is 245 g/mol. The van der Waals surface area contributed by atoms with Gasteiger partial charge >= 0.3 is 0 Å². The standard InChI is InChI=1S/C15H23N3/c1-3-4-5-6-8-13-11-16-17-15(13)14-9-7-10-18(2)12-14/h6,8-9,11H,3-5,7,10,12H2,1-2H3,(H,16,17). The van der Waals surface area contributed by atoms with Gasteiger partial charge in [0.2, 0.25) is 0 Å². The fourth-order valence-electron chi connectivity index (χ4n) is 2.29. The molecular formula is C15H23N3. The maximum atomic E-state index is 4.19. The smallest absolute Gasteiger partial charge is 0.0692 e. The third kappa shape index (κ3) is 3.33. The Balaban J connectivity index is 2.07. The first-order valence-electron chi connectivity index (χ1n) is 6.89. The van der Waals surface area contributed by atoms with E-state index < -0.39 is 0 Å². The van der Waals surface area contributed by atoms with Gasteiger partial charge in [0, 0.05) is 18.7 Å². The molecular weight excluding hydrogens is 222 g/mol. The maximum Gasteiger partial charge on any atom is 0.0692 e. The number of hydrogen-bond donors (Lipinski definition) is 1. The normalized spacial score (nSPS) is 17.3. The lowest BCUT2D eigenvalue weighted by atomic mass is 10.0. The lowest BCUT2D eigenvalue weighted by molar-refractivity contribution is 0.372. The Kier molecular flexibility index (Phi) is 4.76. The van der Waals surface area contributed by atoms with E-state index in [-0.39, 0.29) is 0 Å². The third-order valence-electron chi connectivity index (χ3n) is 3.35. The van der Waals surface area contributed by atoms with Crippen molar-refractivity contribution in [3.8, 4) is 0 Å². The van der Waals surface area contributed by atoms with Crippen LogP contribution in [-0.4, -0.2) is 35.2 Å². The number of aromatic nitrogens is 2. The predicted octanol–water partition coefficient (Wildman–Crippen LogP) is 3.33. The minimum atomic E-state index is 1.01. The van der Waals surface area contributed by atoms with Crippen LogP contribution < -0.4 is 0 Å². The number of nitrogens with one attached hydrogen (secondary N) is 1. The molecule has 98 valence electrons. The topological polar surface area (TPSA) is 31.9 Å². The van der Waals surface area contributed by atoms with E-state index in [0.29, 0.717) is 0 Å². The molecule has 1 aromatic rings. The van der Waals surface area contributed by atoms with Gasteiger partial charge in [-0.15, -0.1) is 0 Å². The zero-order chi connectivity index (χ0) is 12.8. The molecule has 1 N–H and O–H groups in total. The molecule has 2 rings (SSSR count). The molecule has 0 amide bonds. The largest absolute Gasteiger partial charge is 0.302 e. The van der Waals surface area contributed by atoms with Crippen molar-refractivity contribution in [1.82, 2.24) is 15.1 Å². The van der Waals surface area contributed by atoms with Gasteiger partial charge in [0.05, 0.1) is 11.9 Å². The SMILES string of the molecule is CCCCC=Cc1cn[nH]c1C1=CCCN(C)C1. The number of rotatable bonds is 5. The molecule has 0 saturated carbocycles. The summed E-state index contributed by atoms with van der Waals surface area (Å²) in [7, 11) is 2.17. The second kappa shape index (κ2) is 6.55. The number of hydrogen-bond acceptors (Lipinski definition) is 2. The van der Waals surface area contributed by atoms with Crippen molar-refractivity contribution < 1.29 is 0 Å². The van der Waals surface area contributed by atoms with Crippen molar-refractivity contribution in [1.29, 1.82) is 0 Å². The fourth-order valence-corrected chi connectivity index (χ4v) is 2.29. The molecule has 1 aromatic heterocycles. The number of nitrogens with zero attached hydrogens (tertiary/aromatic N) is 2. The van der Waals surface area contributed by atoms with Gasteiger partial charge in [0.1, 0.15) is 0 Å². The highest BCUT2D eigenvalue weighted by Crippen LogP contribution is 2.22. The first kappa shape index (κ1) is 13.1. The van der Waals surface area contributed by atoms with Crippen molar-refractivity contribution in [2.45, 2.75) is 32.6 Å². The van der Waals surface area contributed by atoms with Crippen LogP contribution in [-0.2, 0) is 0 Å². The highest BCUT2D eigenvalue weighted by atomic mass is 15.1. The summed E-state index contributed by atoms with van der Waals surface area (Å²) in [6.07, 6.45) is 13.5. The zero-order valence-electron chi connectivity index (χ0n) is 11.4. The molecule has 0 radical (unpaired) electrons. The maximum absolute atomic E-state index is 4.19. The predicted molar refractivity (Wildman–Crippen MR) is 77.2 cm³/mol. The first-order valence-corrected chi connectivity index (χ1v) is 6.89. The molecule has 1 aliphatic heterocycles. The first-order chi connectivity index (χ1) is 8.81. The van der Waals surface area contributed by atoms with E-state index >= 15 is 0 Å². The van der Waals surface area contributed by atoms with Crippen LogP contribution in [0.15, 0.2) is 18.3 Å². The van der Waals surface area contributed by atoms with Crippen LogP contribution in [0.4, 0.5) is 0 Å². The van der Waals surface area contributed by atoms with Gasteiger partial charge < -0.3 is 4.90 Å². The minimum absolute atomic E-state index is 1.01. The van der Waals surface area contributed by atoms with Crippen LogP contribution in [0.25, 0.3) is 11.6 Å². The van der Waals surface area contributed by atoms with Crippen molar-refractivity contribution in [2.24, 2.45) is 0 Å². The molecule has 3 nitrogen and oxygen atoms in total. The van der Waals surface area contributed by atoms with Crippen LogP contribution in [0.3, 0.4) is 0 Å². The molecule has 0 aromatic carbocycles. The third-order valence-corrected chi connectivity index (χ3v) is 3.35. The zero-order valence-corrected chi connectivity index (χ0v) is 11.4. The Hall–Kier alpha value is -1.35. The minimum Gasteiger partial charge on any atom is -0.302 e. The van der Waals surface area contributed by atoms with Gasteiger partial charge in [-0.05, 0) is 25.5 Å². The van der Waals surface area contributed by atoms with E-state index in [4.69, 9.17) is 0 Å². The fraction of sp³-hybridized carbons (Fsp3) is 0.533. The van der Waals surface area contributed by atoms with E-state index in [1.807, 2.05) is 6.20 Å². The van der Waals surface area contributed by atoms with Crippen molar-refractivity contribution in [3.63, 3.8) is 0 Å². The second-order valence-electron chi connectivity index (χ2n) is 5.00. The number of unbranched alkanes of at least 4 members (excludes halogenated alkanes) is 2. The molecule has 0 spiro atoms. The van der Waals surface area contributed by atoms with E-state index in [9.17, 15) is 0 Å². The Morgan fingerprint density at radius 1 is 1.50 bits per heavy atom. The number of allylic oxidation sites excluding steroid dienone is 1. The molecule has 0 saturated heterocycles.